The monoisotopic (exact) mass is 1070 g/mol. The summed E-state index contributed by atoms with van der Waals surface area (Å²) in [5.74, 6) is 5.60. The van der Waals surface area contributed by atoms with Crippen LogP contribution in [0.25, 0.3) is 0 Å². The third-order valence-corrected chi connectivity index (χ3v) is 16.1. The molecule has 0 aromatic heterocycles. The van der Waals surface area contributed by atoms with Crippen molar-refractivity contribution in [2.45, 2.75) is 49.2 Å². The minimum absolute atomic E-state index is 0.0998. The molecule has 12 rings (SSSR count). The van der Waals surface area contributed by atoms with Gasteiger partial charge in [-0.15, -0.1) is 0 Å². The van der Waals surface area contributed by atoms with Gasteiger partial charge in [0.2, 0.25) is 18.6 Å². The number of imide groups is 1. The highest BCUT2D eigenvalue weighted by Crippen LogP contribution is 2.67. The number of hydrogen-bond acceptors (Lipinski definition) is 12. The number of rotatable bonds is 12. The quantitative estimate of drug-likeness (QED) is 0.0887. The van der Waals surface area contributed by atoms with Crippen LogP contribution in [0.3, 0.4) is 0 Å². The molecular weight excluding hydrogens is 1010 g/mol. The van der Waals surface area contributed by atoms with Crippen LogP contribution < -0.4 is 29.2 Å². The number of anilines is 1. The van der Waals surface area contributed by atoms with E-state index in [0.717, 1.165) is 21.6 Å². The Morgan fingerprint density at radius 2 is 1.40 bits per heavy atom. The second-order valence-electron chi connectivity index (χ2n) is 20.6. The number of hydrogen-bond donors (Lipinski definition) is 2. The molecule has 80 heavy (non-hydrogen) atoms. The molecule has 3 fully saturated rings. The molecule has 15 nitrogen and oxygen atoms in total. The summed E-state index contributed by atoms with van der Waals surface area (Å²) < 4.78 is 29.9. The largest absolute Gasteiger partial charge is 0.497 e. The number of morpholine rings is 1. The van der Waals surface area contributed by atoms with Crippen molar-refractivity contribution in [2.75, 3.05) is 58.2 Å². The summed E-state index contributed by atoms with van der Waals surface area (Å²) in [4.78, 5) is 72.3. The number of fused-ring (bicyclic) bond motifs is 4. The molecule has 5 aliphatic rings. The summed E-state index contributed by atoms with van der Waals surface area (Å²) in [5.41, 5.74) is 3.44. The van der Waals surface area contributed by atoms with Crippen LogP contribution in [0.15, 0.2) is 176 Å². The zero-order chi connectivity index (χ0) is 54.9. The van der Waals surface area contributed by atoms with E-state index in [9.17, 15) is 5.11 Å². The molecule has 5 heterocycles. The van der Waals surface area contributed by atoms with Crippen molar-refractivity contribution in [3.8, 4) is 34.8 Å². The van der Waals surface area contributed by atoms with Crippen molar-refractivity contribution in [2.24, 2.45) is 5.92 Å². The number of nitrogens with one attached hydrogen (secondary N) is 1. The standard InChI is InChI=1S/C65H59N5O10/c1-42(46-14-6-3-7-15-46)66-64(75)69-52-30-26-44(23-22-43-24-28-49(76-2)29-25-43)38-51(52)65(63(69)74)56(61(72)68-34-32-67(33-35-68)40-45-27-31-54-55(39-45)79-41-78-54)58-62(73)80-59(48-18-10-5-11-19-48)57(47-16-8-4-9-17-47)70(58)60(65)50-20-12-13-21-53(50)77-37-36-71/h3-21,24-31,38-39,42,56-60,71H,32-37,40-41H2,1-2H3,(H,66,75). The van der Waals surface area contributed by atoms with Gasteiger partial charge in [-0.3, -0.25) is 24.2 Å². The maximum Gasteiger partial charge on any atom is 0.329 e. The van der Waals surface area contributed by atoms with E-state index in [1.165, 1.54) is 0 Å². The first kappa shape index (κ1) is 51.8. The number of amides is 4. The molecule has 2 N–H and O–H groups in total. The summed E-state index contributed by atoms with van der Waals surface area (Å²) in [7, 11) is 1.60. The zero-order valence-electron chi connectivity index (χ0n) is 44.3. The number of cyclic esters (lactones) is 1. The normalized spacial score (nSPS) is 22.4. The molecule has 0 radical (unpaired) electrons. The van der Waals surface area contributed by atoms with Gasteiger partial charge in [0, 0.05) is 49.4 Å². The van der Waals surface area contributed by atoms with E-state index in [1.807, 2.05) is 157 Å². The predicted octanol–water partition coefficient (Wildman–Crippen LogP) is 8.68. The van der Waals surface area contributed by atoms with Crippen LogP contribution in [0, 0.1) is 17.8 Å². The lowest BCUT2D eigenvalue weighted by Crippen LogP contribution is -2.59. The van der Waals surface area contributed by atoms with Crippen molar-refractivity contribution in [1.82, 2.24) is 20.0 Å². The van der Waals surface area contributed by atoms with Crippen molar-refractivity contribution in [1.29, 1.82) is 0 Å². The van der Waals surface area contributed by atoms with E-state index in [4.69, 9.17) is 23.7 Å². The SMILES string of the molecule is COc1ccc(C#Cc2ccc3c(c2)C2(C(=O)N3C(=O)NC(C)c3ccccc3)C(C(=O)N3CCN(Cc4ccc5c(c4)OCO5)CC3)C3C(=O)OC(c4ccccc4)C(c4ccccc4)N3C2c2ccccc2OCCO)cc1. The van der Waals surface area contributed by atoms with Crippen LogP contribution in [-0.4, -0.2) is 103 Å². The average Bonchev–Trinajstić information content (AvgIpc) is 3.51. The van der Waals surface area contributed by atoms with Crippen molar-refractivity contribution in [3.05, 3.63) is 220 Å². The molecule has 0 aliphatic carbocycles. The number of nitrogens with zero attached hydrogens (tertiary/aromatic N) is 4. The number of aliphatic hydroxyl groups excluding tert-OH is 1. The maximum atomic E-state index is 17.1. The van der Waals surface area contributed by atoms with E-state index in [1.54, 1.807) is 42.3 Å². The third-order valence-electron chi connectivity index (χ3n) is 16.1. The molecule has 4 amide bonds. The Bertz CT molecular complexity index is 3510. The Kier molecular flexibility index (Phi) is 14.3. The Morgan fingerprint density at radius 1 is 0.738 bits per heavy atom. The molecule has 0 bridgehead atoms. The number of benzene rings is 7. The third kappa shape index (κ3) is 9.34. The number of piperazine rings is 1. The average molecular weight is 1070 g/mol. The van der Waals surface area contributed by atoms with Gasteiger partial charge in [0.15, 0.2) is 11.5 Å². The van der Waals surface area contributed by atoms with Crippen molar-refractivity contribution in [3.63, 3.8) is 0 Å². The van der Waals surface area contributed by atoms with Gasteiger partial charge in [0.05, 0.1) is 43.4 Å². The molecule has 1 spiro atoms. The zero-order valence-corrected chi connectivity index (χ0v) is 44.3. The molecule has 15 heteroatoms. The number of para-hydroxylation sites is 1. The number of carbonyl (C=O) groups excluding carboxylic acids is 4. The second kappa shape index (κ2) is 22.1. The van der Waals surface area contributed by atoms with Crippen LogP contribution in [0.1, 0.15) is 75.7 Å². The highest BCUT2D eigenvalue weighted by molar-refractivity contribution is 6.25. The first-order chi connectivity index (χ1) is 39.2. The highest BCUT2D eigenvalue weighted by atomic mass is 16.7. The van der Waals surface area contributed by atoms with Gasteiger partial charge in [-0.1, -0.05) is 127 Å². The fraction of sp³-hybridized carbons (Fsp3) is 0.262. The lowest BCUT2D eigenvalue weighted by Gasteiger charge is -2.46. The van der Waals surface area contributed by atoms with Crippen LogP contribution in [0.5, 0.6) is 23.0 Å². The molecule has 404 valence electrons. The second-order valence-corrected chi connectivity index (χ2v) is 20.6. The van der Waals surface area contributed by atoms with Gasteiger partial charge in [-0.25, -0.2) is 9.69 Å². The fourth-order valence-corrected chi connectivity index (χ4v) is 12.4. The smallest absolute Gasteiger partial charge is 0.329 e. The van der Waals surface area contributed by atoms with Crippen molar-refractivity contribution >= 4 is 29.5 Å². The van der Waals surface area contributed by atoms with E-state index < -0.39 is 65.4 Å². The number of carbonyl (C=O) groups is 4. The van der Waals surface area contributed by atoms with Crippen LogP contribution in [0.4, 0.5) is 10.5 Å². The molecule has 7 aromatic rings. The minimum atomic E-state index is -2.07. The molecule has 3 saturated heterocycles. The van der Waals surface area contributed by atoms with Crippen LogP contribution >= 0.6 is 0 Å². The Labute approximate surface area is 464 Å². The molecule has 7 unspecified atom stereocenters. The summed E-state index contributed by atoms with van der Waals surface area (Å²) in [5, 5.41) is 13.4. The van der Waals surface area contributed by atoms with Gasteiger partial charge >= 0.3 is 12.0 Å². The highest BCUT2D eigenvalue weighted by Gasteiger charge is 2.76. The van der Waals surface area contributed by atoms with Crippen LogP contribution in [-0.2, 0) is 31.1 Å². The van der Waals surface area contributed by atoms with E-state index >= 15 is 19.2 Å². The number of urea groups is 1. The Morgan fingerprint density at radius 3 is 2.12 bits per heavy atom. The van der Waals surface area contributed by atoms with E-state index in [-0.39, 0.29) is 38.8 Å². The van der Waals surface area contributed by atoms with Crippen LogP contribution in [0.2, 0.25) is 0 Å². The van der Waals surface area contributed by atoms with Gasteiger partial charge in [0.1, 0.15) is 35.7 Å². The van der Waals surface area contributed by atoms with E-state index in [0.29, 0.717) is 70.4 Å². The number of methoxy groups -OCH3 is 1. The fourth-order valence-electron chi connectivity index (χ4n) is 12.4. The summed E-state index contributed by atoms with van der Waals surface area (Å²) >= 11 is 0. The lowest BCUT2D eigenvalue weighted by atomic mass is 9.64. The first-order valence-corrected chi connectivity index (χ1v) is 27.0. The molecular formula is C65H59N5O10. The number of esters is 1. The molecule has 5 aliphatic heterocycles. The molecule has 7 atom stereocenters. The topological polar surface area (TPSA) is 160 Å². The van der Waals surface area contributed by atoms with Gasteiger partial charge in [0.25, 0.3) is 0 Å². The summed E-state index contributed by atoms with van der Waals surface area (Å²) in [6.45, 7) is 3.65. The van der Waals surface area contributed by atoms with Crippen molar-refractivity contribution < 1.29 is 48.0 Å². The van der Waals surface area contributed by atoms with E-state index in [2.05, 4.69) is 22.1 Å². The van der Waals surface area contributed by atoms with Gasteiger partial charge < -0.3 is 39.0 Å². The maximum absolute atomic E-state index is 17.1. The van der Waals surface area contributed by atoms with Gasteiger partial charge in [-0.05, 0) is 95.4 Å². The summed E-state index contributed by atoms with van der Waals surface area (Å²) in [6.07, 6.45) is -0.940. The summed E-state index contributed by atoms with van der Waals surface area (Å²) in [6, 6.07) is 49.6. The lowest BCUT2D eigenvalue weighted by molar-refractivity contribution is -0.179. The Balaban J connectivity index is 1.08. The molecule has 7 aromatic carbocycles. The van der Waals surface area contributed by atoms with Gasteiger partial charge in [-0.2, -0.15) is 0 Å². The number of aliphatic hydroxyl groups is 1. The first-order valence-electron chi connectivity index (χ1n) is 27.0. The Hall–Kier alpha value is -8.94. The predicted molar refractivity (Wildman–Crippen MR) is 298 cm³/mol. The molecule has 0 saturated carbocycles. The minimum Gasteiger partial charge on any atom is -0.497 e. The number of ether oxygens (including phenoxy) is 5.